The van der Waals surface area contributed by atoms with Gasteiger partial charge in [-0.15, -0.1) is 0 Å². The normalized spacial score (nSPS) is 10.4. The first-order valence-corrected chi connectivity index (χ1v) is 32.9. The molecule has 0 aromatic heterocycles. The molecule has 0 aliphatic rings. The summed E-state index contributed by atoms with van der Waals surface area (Å²) in [5.41, 5.74) is 18.8. The minimum absolute atomic E-state index is 0.00531. The minimum atomic E-state index is -3.39. The average Bonchev–Trinajstić information content (AvgIpc) is 1.41. The van der Waals surface area contributed by atoms with Gasteiger partial charge in [-0.3, -0.25) is 13.8 Å². The molecule has 14 nitrogen and oxygen atoms in total. The summed E-state index contributed by atoms with van der Waals surface area (Å²) < 4.78 is 119. The number of esters is 1. The van der Waals surface area contributed by atoms with Gasteiger partial charge in [0.05, 0.1) is 24.5 Å². The largest absolute Gasteiger partial charge is 0.481 e. The van der Waals surface area contributed by atoms with Gasteiger partial charge in [-0.1, -0.05) is 129 Å². The molecule has 0 radical (unpaired) electrons. The lowest BCUT2D eigenvalue weighted by atomic mass is 10.1. The maximum absolute atomic E-state index is 12.7. The first-order chi connectivity index (χ1) is 44.9. The molecule has 0 saturated heterocycles. The number of carbonyl (C=O) groups excluding carboxylic acids is 1. The van der Waals surface area contributed by atoms with Crippen LogP contribution >= 0.6 is 81.2 Å². The second kappa shape index (κ2) is 49.0. The number of rotatable bonds is 24. The third kappa shape index (κ3) is 41.2. The van der Waals surface area contributed by atoms with Crippen LogP contribution in [-0.4, -0.2) is 80.8 Å². The van der Waals surface area contributed by atoms with Crippen LogP contribution in [0.25, 0.3) is 16.5 Å². The molecule has 0 heterocycles. The Morgan fingerprint density at radius 3 is 1.18 bits per heavy atom. The summed E-state index contributed by atoms with van der Waals surface area (Å²) in [6.07, 6.45) is 9.83. The Morgan fingerprint density at radius 1 is 0.526 bits per heavy atom. The van der Waals surface area contributed by atoms with Gasteiger partial charge in [0, 0.05) is 67.1 Å². The number of hydrogen-bond donors (Lipinski definition) is 4. The third-order valence-electron chi connectivity index (χ3n) is 11.9. The summed E-state index contributed by atoms with van der Waals surface area (Å²) in [6.45, 7) is 3.43. The van der Waals surface area contributed by atoms with E-state index in [0.29, 0.717) is 101 Å². The van der Waals surface area contributed by atoms with Gasteiger partial charge in [0.15, 0.2) is 0 Å². The fourth-order valence-corrected chi connectivity index (χ4v) is 9.50. The third-order valence-corrected chi connectivity index (χ3v) is 14.9. The molecule has 7 aromatic rings. The van der Waals surface area contributed by atoms with E-state index in [1.165, 1.54) is 97.1 Å². The molecule has 29 heteroatoms. The highest BCUT2D eigenvalue weighted by Crippen LogP contribution is 2.24. The van der Waals surface area contributed by atoms with Gasteiger partial charge in [0.1, 0.15) is 40.7 Å². The van der Waals surface area contributed by atoms with Crippen molar-refractivity contribution in [3.63, 3.8) is 0 Å². The molecule has 0 aliphatic carbocycles. The topological polar surface area (TPSA) is 239 Å². The molecule has 0 aliphatic heterocycles. The highest BCUT2D eigenvalue weighted by Gasteiger charge is 2.10. The maximum Gasteiger partial charge on any atom is 0.328 e. The Morgan fingerprint density at radius 2 is 0.863 bits per heavy atom. The lowest BCUT2D eigenvalue weighted by molar-refractivity contribution is -0.143. The molecule has 0 spiro atoms. The van der Waals surface area contributed by atoms with E-state index in [1.54, 1.807) is 37.3 Å². The van der Waals surface area contributed by atoms with Crippen LogP contribution in [-0.2, 0) is 71.9 Å². The smallest absolute Gasteiger partial charge is 0.328 e. The number of benzene rings is 7. The van der Waals surface area contributed by atoms with Crippen LogP contribution < -0.4 is 5.73 Å². The summed E-state index contributed by atoms with van der Waals surface area (Å²) in [6, 6.07) is 29.0. The number of aliphatic hydroxyl groups is 1. The Kier molecular flexibility index (Phi) is 44.5. The van der Waals surface area contributed by atoms with Crippen LogP contribution in [0.2, 0.25) is 35.2 Å². The predicted molar refractivity (Wildman–Crippen MR) is 362 cm³/mol. The van der Waals surface area contributed by atoms with E-state index in [0.717, 1.165) is 65.5 Å². The lowest BCUT2D eigenvalue weighted by Gasteiger charge is -2.04. The number of carbonyl (C=O) groups is 3. The number of carboxylic acid groups (broad SMARTS) is 2. The van der Waals surface area contributed by atoms with E-state index < -0.39 is 33.7 Å². The molecule has 0 amide bonds. The van der Waals surface area contributed by atoms with Crippen molar-refractivity contribution in [3.05, 3.63) is 259 Å². The summed E-state index contributed by atoms with van der Waals surface area (Å²) in [4.78, 5) is 34.1. The first kappa shape index (κ1) is 86.4. The number of carboxylic acids is 2. The lowest BCUT2D eigenvalue weighted by Crippen LogP contribution is -2.05. The summed E-state index contributed by atoms with van der Waals surface area (Å²) in [7, 11) is -3.39. The van der Waals surface area contributed by atoms with Gasteiger partial charge in [0.2, 0.25) is 0 Å². The quantitative estimate of drug-likeness (QED) is 0.00648. The van der Waals surface area contributed by atoms with Gasteiger partial charge < -0.3 is 25.8 Å². The van der Waals surface area contributed by atoms with Crippen molar-refractivity contribution >= 4 is 115 Å². The Bertz CT molecular complexity index is 3670. The zero-order chi connectivity index (χ0) is 71.5. The Balaban J connectivity index is 0.000000555. The Labute approximate surface area is 582 Å². The molecular formula is C66H68Cl7F7N4O10S. The number of halogens is 14. The second-order valence-electron chi connectivity index (χ2n) is 19.4. The van der Waals surface area contributed by atoms with Crippen molar-refractivity contribution in [2.24, 2.45) is 10.8 Å². The SMILES string of the molecule is CCOC(=O)CCc1ccc(F)cc1Cl.CS(=O)(=O)OCCCc1ccc(F)cc1Cl.NCCCc1ccc(F)cc1Cl.O=C(O)/C=C/c1ccc(F)cc1Cl.O=C(O)CCc1ccc(F)cc1Cl.OCCCc1ccc(F)cc1Cl.[N-]=[N+]=NCCCc1ccc(F)cc1Cl. The molecule has 0 bridgehead atoms. The number of ether oxygens (including phenoxy) is 1. The molecule has 0 fully saturated rings. The highest BCUT2D eigenvalue weighted by molar-refractivity contribution is 7.86. The van der Waals surface area contributed by atoms with Crippen molar-refractivity contribution in [2.75, 3.05) is 39.2 Å². The molecule has 0 unspecified atom stereocenters. The molecule has 95 heavy (non-hydrogen) atoms. The monoisotopic (exact) mass is 1490 g/mol. The van der Waals surface area contributed by atoms with Gasteiger partial charge >= 0.3 is 17.9 Å². The van der Waals surface area contributed by atoms with E-state index >= 15 is 0 Å². The number of aliphatic hydroxyl groups excluding tert-OH is 1. The number of nitrogens with two attached hydrogens (primary N) is 1. The molecule has 7 aromatic carbocycles. The number of hydrogen-bond acceptors (Lipinski definition) is 10. The number of azide groups is 1. The van der Waals surface area contributed by atoms with E-state index in [-0.39, 0.29) is 71.2 Å². The molecule has 7 rings (SSSR count). The van der Waals surface area contributed by atoms with Crippen LogP contribution in [0, 0.1) is 40.7 Å². The zero-order valence-electron chi connectivity index (χ0n) is 51.1. The van der Waals surface area contributed by atoms with Crippen molar-refractivity contribution in [1.29, 1.82) is 0 Å². The van der Waals surface area contributed by atoms with Gasteiger partial charge in [-0.25, -0.2) is 35.5 Å². The number of aliphatic carboxylic acids is 2. The van der Waals surface area contributed by atoms with Crippen molar-refractivity contribution < 1.29 is 77.8 Å². The molecule has 0 atom stereocenters. The van der Waals surface area contributed by atoms with Crippen molar-refractivity contribution in [3.8, 4) is 0 Å². The van der Waals surface area contributed by atoms with E-state index in [2.05, 4.69) is 14.2 Å². The second-order valence-corrected chi connectivity index (χ2v) is 23.9. The van der Waals surface area contributed by atoms with Crippen LogP contribution in [0.15, 0.2) is 139 Å². The van der Waals surface area contributed by atoms with E-state index in [1.807, 2.05) is 0 Å². The highest BCUT2D eigenvalue weighted by atomic mass is 35.5. The van der Waals surface area contributed by atoms with Crippen LogP contribution in [0.5, 0.6) is 0 Å². The number of aryl methyl sites for hydroxylation is 6. The summed E-state index contributed by atoms with van der Waals surface area (Å²) in [5.74, 6) is -4.81. The average molecular weight is 1490 g/mol. The predicted octanol–water partition coefficient (Wildman–Crippen LogP) is 18.9. The van der Waals surface area contributed by atoms with Crippen molar-refractivity contribution in [1.82, 2.24) is 0 Å². The van der Waals surface area contributed by atoms with Gasteiger partial charge in [-0.2, -0.15) is 8.42 Å². The molecular weight excluding hydrogens is 1420 g/mol. The van der Waals surface area contributed by atoms with Gasteiger partial charge in [-0.05, 0) is 213 Å². The molecule has 5 N–H and O–H groups in total. The fourth-order valence-electron chi connectivity index (χ4n) is 7.28. The van der Waals surface area contributed by atoms with Crippen LogP contribution in [0.3, 0.4) is 0 Å². The minimum Gasteiger partial charge on any atom is -0.481 e. The first-order valence-electron chi connectivity index (χ1n) is 28.4. The zero-order valence-corrected chi connectivity index (χ0v) is 57.2. The number of nitrogens with zero attached hydrogens (tertiary/aromatic N) is 3. The fraction of sp³-hybridized carbons (Fsp3) is 0.288. The van der Waals surface area contributed by atoms with Crippen molar-refractivity contribution in [2.45, 2.75) is 84.0 Å². The standard InChI is InChI=1S/C11H12ClFO2.C10H12ClFO3S.C9H9ClFN3.C9H11ClFN.C9H8ClFO2.C9H6ClFO2.C9H10ClFO/c1-2-15-11(14)6-4-8-3-5-9(13)7-10(8)12;1-16(13,14)15-6-2-3-8-4-5-9(12)7-10(8)11;10-9-6-8(11)4-3-7(9)2-1-5-13-14-12;10-9-6-8(11)4-3-7(9)2-1-5-12;2*10-8-5-7(11)3-1-6(8)2-4-9(12)13;10-9-6-8(11)4-3-7(9)2-1-5-12/h3,5,7H,2,4,6H2,1H3;4-5,7H,2-3,6H2,1H3;3-4,6H,1-2,5H2;3-4,6H,1-2,5,12H2;1,3,5H,2,4H2,(H,12,13);1-5H,(H,12,13);3-4,6,12H,1-2,5H2/b;;;;;4-2+;. The Hall–Kier alpha value is -6.63. The molecule has 516 valence electrons. The maximum atomic E-state index is 12.7. The van der Waals surface area contributed by atoms with E-state index in [9.17, 15) is 53.5 Å². The van der Waals surface area contributed by atoms with Crippen LogP contribution in [0.1, 0.15) is 84.4 Å². The summed E-state index contributed by atoms with van der Waals surface area (Å²) in [5, 5.41) is 31.2. The van der Waals surface area contributed by atoms with Gasteiger partial charge in [0.25, 0.3) is 10.1 Å². The van der Waals surface area contributed by atoms with E-state index in [4.69, 9.17) is 113 Å². The van der Waals surface area contributed by atoms with Crippen LogP contribution in [0.4, 0.5) is 30.7 Å². The molecule has 0 saturated carbocycles. The summed E-state index contributed by atoms with van der Waals surface area (Å²) >= 11 is 40.2.